The number of benzene rings is 1. The lowest BCUT2D eigenvalue weighted by Gasteiger charge is -2.30. The molecule has 0 atom stereocenters. The highest BCUT2D eigenvalue weighted by molar-refractivity contribution is 5.80. The van der Waals surface area contributed by atoms with E-state index < -0.39 is 11.9 Å². The highest BCUT2D eigenvalue weighted by Crippen LogP contribution is 2.17. The molecule has 1 aliphatic rings. The zero-order chi connectivity index (χ0) is 18.0. The highest BCUT2D eigenvalue weighted by Gasteiger charge is 2.26. The van der Waals surface area contributed by atoms with Gasteiger partial charge >= 0.3 is 5.97 Å². The fourth-order valence-corrected chi connectivity index (χ4v) is 3.15. The lowest BCUT2D eigenvalue weighted by Crippen LogP contribution is -2.41. The van der Waals surface area contributed by atoms with E-state index in [-0.39, 0.29) is 30.0 Å². The topological polar surface area (TPSA) is 112 Å². The zero-order valence-electron chi connectivity index (χ0n) is 13.6. The van der Waals surface area contributed by atoms with Crippen LogP contribution in [0.3, 0.4) is 0 Å². The number of rotatable bonds is 4. The molecule has 1 aromatic carbocycles. The third-order valence-corrected chi connectivity index (χ3v) is 4.63. The first-order valence-electron chi connectivity index (χ1n) is 8.20. The molecule has 0 bridgehead atoms. The fraction of sp³-hybridized carbons (Fsp3) is 0.412. The number of aromatic nitrogens is 2. The van der Waals surface area contributed by atoms with Crippen molar-refractivity contribution < 1.29 is 14.7 Å². The van der Waals surface area contributed by atoms with Crippen LogP contribution >= 0.6 is 0 Å². The van der Waals surface area contributed by atoms with E-state index in [2.05, 4.69) is 5.10 Å². The molecule has 0 spiro atoms. The van der Waals surface area contributed by atoms with Crippen molar-refractivity contribution in [2.75, 3.05) is 13.1 Å². The van der Waals surface area contributed by atoms with Crippen LogP contribution in [0.2, 0.25) is 0 Å². The number of aliphatic carboxylic acids is 1. The van der Waals surface area contributed by atoms with Crippen LogP contribution in [0.5, 0.6) is 0 Å². The minimum Gasteiger partial charge on any atom is -0.481 e. The fourth-order valence-electron chi connectivity index (χ4n) is 3.15. The lowest BCUT2D eigenvalue weighted by atomic mass is 9.97. The summed E-state index contributed by atoms with van der Waals surface area (Å²) in [5.74, 6) is -1.37. The molecule has 25 heavy (non-hydrogen) atoms. The van der Waals surface area contributed by atoms with E-state index in [1.165, 1.54) is 0 Å². The number of aryl methyl sites for hydroxylation is 1. The molecule has 8 heteroatoms. The molecular weight excluding hydrogens is 326 g/mol. The van der Waals surface area contributed by atoms with Crippen molar-refractivity contribution in [3.63, 3.8) is 0 Å². The number of likely N-dealkylation sites (tertiary alicyclic amines) is 1. The summed E-state index contributed by atoms with van der Waals surface area (Å²) >= 11 is 0. The van der Waals surface area contributed by atoms with Crippen molar-refractivity contribution in [1.82, 2.24) is 14.7 Å². The van der Waals surface area contributed by atoms with Crippen molar-refractivity contribution in [1.29, 1.82) is 0 Å². The van der Waals surface area contributed by atoms with Gasteiger partial charge in [0.1, 0.15) is 0 Å². The number of amides is 1. The van der Waals surface area contributed by atoms with Crippen LogP contribution in [0.1, 0.15) is 19.3 Å². The van der Waals surface area contributed by atoms with E-state index >= 15 is 0 Å². The van der Waals surface area contributed by atoms with Gasteiger partial charge in [0.25, 0.3) is 11.1 Å². The minimum absolute atomic E-state index is 0.0753. The number of H-pyrrole nitrogens is 1. The molecule has 1 fully saturated rings. The number of carbonyl (C=O) groups excluding carboxylic acids is 1. The third kappa shape index (κ3) is 3.47. The molecule has 8 nitrogen and oxygen atoms in total. The van der Waals surface area contributed by atoms with Crippen LogP contribution in [-0.2, 0) is 16.1 Å². The Hall–Kier alpha value is -2.90. The SMILES string of the molecule is O=C(O)C1CCN(C(=O)CCn2[nH]c(=O)c3ccccc3c2=O)CC1. The molecule has 1 saturated heterocycles. The van der Waals surface area contributed by atoms with E-state index in [0.717, 1.165) is 4.68 Å². The van der Waals surface area contributed by atoms with E-state index in [1.807, 2.05) is 0 Å². The van der Waals surface area contributed by atoms with Crippen LogP contribution < -0.4 is 11.1 Å². The Morgan fingerprint density at radius 3 is 2.40 bits per heavy atom. The third-order valence-electron chi connectivity index (χ3n) is 4.63. The smallest absolute Gasteiger partial charge is 0.306 e. The summed E-state index contributed by atoms with van der Waals surface area (Å²) in [5.41, 5.74) is -0.711. The van der Waals surface area contributed by atoms with E-state index in [9.17, 15) is 19.2 Å². The Morgan fingerprint density at radius 2 is 1.76 bits per heavy atom. The van der Waals surface area contributed by atoms with Crippen molar-refractivity contribution in [3.8, 4) is 0 Å². The van der Waals surface area contributed by atoms with Gasteiger partial charge in [0, 0.05) is 19.5 Å². The van der Waals surface area contributed by atoms with Gasteiger partial charge in [0.15, 0.2) is 0 Å². The van der Waals surface area contributed by atoms with E-state index in [4.69, 9.17) is 5.11 Å². The summed E-state index contributed by atoms with van der Waals surface area (Å²) in [4.78, 5) is 49.3. The van der Waals surface area contributed by atoms with Crippen LogP contribution in [0.15, 0.2) is 33.9 Å². The van der Waals surface area contributed by atoms with Gasteiger partial charge in [-0.25, -0.2) is 4.68 Å². The van der Waals surface area contributed by atoms with Gasteiger partial charge in [-0.2, -0.15) is 0 Å². The molecule has 0 saturated carbocycles. The zero-order valence-corrected chi connectivity index (χ0v) is 13.6. The standard InChI is InChI=1S/C17H19N3O5/c21-14(19-8-5-11(6-9-19)17(24)25)7-10-20-16(23)13-4-2-1-3-12(13)15(22)18-20/h1-4,11H,5-10H2,(H,18,22)(H,24,25). The molecule has 1 aliphatic heterocycles. The Morgan fingerprint density at radius 1 is 1.12 bits per heavy atom. The first-order chi connectivity index (χ1) is 12.0. The van der Waals surface area contributed by atoms with Crippen molar-refractivity contribution in [3.05, 3.63) is 45.0 Å². The number of hydrogen-bond acceptors (Lipinski definition) is 4. The van der Waals surface area contributed by atoms with E-state index in [1.54, 1.807) is 29.2 Å². The molecule has 0 aliphatic carbocycles. The van der Waals surface area contributed by atoms with E-state index in [0.29, 0.717) is 36.7 Å². The summed E-state index contributed by atoms with van der Waals surface area (Å²) in [5, 5.41) is 12.1. The molecule has 132 valence electrons. The molecule has 2 heterocycles. The average molecular weight is 345 g/mol. The van der Waals surface area contributed by atoms with Gasteiger partial charge in [-0.1, -0.05) is 12.1 Å². The van der Waals surface area contributed by atoms with Gasteiger partial charge in [0.05, 0.1) is 23.2 Å². The number of carboxylic acid groups (broad SMARTS) is 1. The number of hydrogen-bond donors (Lipinski definition) is 2. The largest absolute Gasteiger partial charge is 0.481 e. The Kier molecular flexibility index (Phi) is 4.69. The Balaban J connectivity index is 1.68. The maximum Gasteiger partial charge on any atom is 0.306 e. The number of aromatic amines is 1. The summed E-state index contributed by atoms with van der Waals surface area (Å²) in [6, 6.07) is 6.54. The number of carbonyl (C=O) groups is 2. The summed E-state index contributed by atoms with van der Waals surface area (Å²) < 4.78 is 1.16. The minimum atomic E-state index is -0.826. The van der Waals surface area contributed by atoms with Gasteiger partial charge in [0.2, 0.25) is 5.91 Å². The normalized spacial score (nSPS) is 15.4. The molecule has 3 rings (SSSR count). The van der Waals surface area contributed by atoms with Gasteiger partial charge in [-0.3, -0.25) is 24.3 Å². The lowest BCUT2D eigenvalue weighted by molar-refractivity contribution is -0.145. The predicted octanol–water partition coefficient (Wildman–Crippen LogP) is 0.403. The average Bonchev–Trinajstić information content (AvgIpc) is 2.63. The van der Waals surface area contributed by atoms with Gasteiger partial charge < -0.3 is 10.0 Å². The van der Waals surface area contributed by atoms with Gasteiger partial charge in [-0.15, -0.1) is 0 Å². The molecular formula is C17H19N3O5. The summed E-state index contributed by atoms with van der Waals surface area (Å²) in [7, 11) is 0. The number of fused-ring (bicyclic) bond motifs is 1. The number of piperidine rings is 1. The maximum absolute atomic E-state index is 12.4. The van der Waals surface area contributed by atoms with Gasteiger partial charge in [-0.05, 0) is 25.0 Å². The quantitative estimate of drug-likeness (QED) is 0.833. The van der Waals surface area contributed by atoms with Crippen molar-refractivity contribution in [2.45, 2.75) is 25.8 Å². The number of nitrogens with zero attached hydrogens (tertiary/aromatic N) is 2. The second-order valence-corrected chi connectivity index (χ2v) is 6.19. The predicted molar refractivity (Wildman–Crippen MR) is 90.4 cm³/mol. The molecule has 2 aromatic rings. The molecule has 0 unspecified atom stereocenters. The second kappa shape index (κ2) is 6.92. The first-order valence-corrected chi connectivity index (χ1v) is 8.20. The van der Waals surface area contributed by atoms with Crippen molar-refractivity contribution >= 4 is 22.6 Å². The number of carboxylic acids is 1. The number of nitrogens with one attached hydrogen (secondary N) is 1. The van der Waals surface area contributed by atoms with Crippen LogP contribution in [0.4, 0.5) is 0 Å². The van der Waals surface area contributed by atoms with Crippen LogP contribution in [-0.4, -0.2) is 44.8 Å². The summed E-state index contributed by atoms with van der Waals surface area (Å²) in [6.07, 6.45) is 0.952. The Labute approximate surface area is 142 Å². The second-order valence-electron chi connectivity index (χ2n) is 6.19. The highest BCUT2D eigenvalue weighted by atomic mass is 16.4. The summed E-state index contributed by atoms with van der Waals surface area (Å²) in [6.45, 7) is 0.883. The molecule has 1 aromatic heterocycles. The monoisotopic (exact) mass is 345 g/mol. The van der Waals surface area contributed by atoms with Crippen LogP contribution in [0, 0.1) is 5.92 Å². The Bertz CT molecular complexity index is 922. The maximum atomic E-state index is 12.4. The molecule has 2 N–H and O–H groups in total. The molecule has 0 radical (unpaired) electrons. The van der Waals surface area contributed by atoms with Crippen LogP contribution in [0.25, 0.3) is 10.8 Å². The first kappa shape index (κ1) is 16.9. The van der Waals surface area contributed by atoms with Crippen molar-refractivity contribution in [2.24, 2.45) is 5.92 Å². The molecule has 1 amide bonds.